The van der Waals surface area contributed by atoms with Crippen molar-refractivity contribution in [2.45, 2.75) is 20.8 Å². The molecule has 2 heterocycles. The highest BCUT2D eigenvalue weighted by atomic mass is 16.3. The zero-order valence-corrected chi connectivity index (χ0v) is 13.4. The molecule has 0 atom stereocenters. The average Bonchev–Trinajstić information content (AvgIpc) is 3.16. The molecule has 2 N–H and O–H groups in total. The lowest BCUT2D eigenvalue weighted by Gasteiger charge is -2.18. The molecule has 0 saturated carbocycles. The predicted molar refractivity (Wildman–Crippen MR) is 89.8 cm³/mol. The van der Waals surface area contributed by atoms with Gasteiger partial charge < -0.3 is 9.73 Å². The van der Waals surface area contributed by atoms with E-state index in [0.29, 0.717) is 22.8 Å². The van der Waals surface area contributed by atoms with Crippen molar-refractivity contribution < 1.29 is 9.21 Å². The van der Waals surface area contributed by atoms with Crippen LogP contribution in [0.1, 0.15) is 20.8 Å². The second kappa shape index (κ2) is 5.76. The third kappa shape index (κ3) is 3.04. The second-order valence-electron chi connectivity index (χ2n) is 6.37. The molecule has 23 heavy (non-hydrogen) atoms. The summed E-state index contributed by atoms with van der Waals surface area (Å²) in [5.41, 5.74) is 2.39. The van der Waals surface area contributed by atoms with Crippen LogP contribution in [0.4, 0.5) is 5.69 Å². The van der Waals surface area contributed by atoms with Crippen molar-refractivity contribution in [3.05, 3.63) is 48.7 Å². The first-order valence-corrected chi connectivity index (χ1v) is 7.46. The van der Waals surface area contributed by atoms with Gasteiger partial charge in [-0.1, -0.05) is 51.1 Å². The normalized spacial score (nSPS) is 11.4. The van der Waals surface area contributed by atoms with Gasteiger partial charge in [0.1, 0.15) is 11.4 Å². The van der Waals surface area contributed by atoms with E-state index in [1.54, 1.807) is 12.3 Å². The Hall–Kier alpha value is -2.82. The first-order valence-electron chi connectivity index (χ1n) is 7.46. The van der Waals surface area contributed by atoms with Crippen LogP contribution in [0.3, 0.4) is 0 Å². The van der Waals surface area contributed by atoms with Crippen molar-refractivity contribution in [1.82, 2.24) is 10.2 Å². The van der Waals surface area contributed by atoms with Crippen molar-refractivity contribution in [3.8, 4) is 22.7 Å². The van der Waals surface area contributed by atoms with E-state index in [-0.39, 0.29) is 5.91 Å². The summed E-state index contributed by atoms with van der Waals surface area (Å²) >= 11 is 0. The summed E-state index contributed by atoms with van der Waals surface area (Å²) in [7, 11) is 0. The van der Waals surface area contributed by atoms with Crippen molar-refractivity contribution >= 4 is 11.6 Å². The smallest absolute Gasteiger partial charge is 0.229 e. The van der Waals surface area contributed by atoms with Crippen LogP contribution in [0.15, 0.2) is 53.1 Å². The molecule has 1 amide bonds. The Balaban J connectivity index is 2.09. The van der Waals surface area contributed by atoms with Gasteiger partial charge in [-0.2, -0.15) is 5.10 Å². The number of hydrogen-bond acceptors (Lipinski definition) is 3. The molecule has 5 heteroatoms. The summed E-state index contributed by atoms with van der Waals surface area (Å²) in [5, 5.41) is 10.3. The summed E-state index contributed by atoms with van der Waals surface area (Å²) in [5.74, 6) is 0.549. The van der Waals surface area contributed by atoms with E-state index in [1.165, 1.54) is 0 Å². The molecule has 0 spiro atoms. The number of carbonyl (C=O) groups excluding carboxylic acids is 1. The largest absolute Gasteiger partial charge is 0.463 e. The molecule has 0 unspecified atom stereocenters. The molecule has 3 aromatic rings. The number of benzene rings is 1. The van der Waals surface area contributed by atoms with E-state index in [4.69, 9.17) is 4.42 Å². The number of aromatic nitrogens is 2. The zero-order chi connectivity index (χ0) is 16.4. The maximum Gasteiger partial charge on any atom is 0.229 e. The highest BCUT2D eigenvalue weighted by Crippen LogP contribution is 2.36. The third-order valence-electron chi connectivity index (χ3n) is 3.50. The minimum atomic E-state index is -0.508. The molecule has 0 aliphatic rings. The number of hydrogen-bond donors (Lipinski definition) is 2. The lowest BCUT2D eigenvalue weighted by molar-refractivity contribution is -0.123. The minimum absolute atomic E-state index is 0.0797. The van der Waals surface area contributed by atoms with Crippen LogP contribution in [0.25, 0.3) is 22.7 Å². The van der Waals surface area contributed by atoms with E-state index in [2.05, 4.69) is 15.5 Å². The summed E-state index contributed by atoms with van der Waals surface area (Å²) in [4.78, 5) is 12.5. The van der Waals surface area contributed by atoms with Crippen LogP contribution >= 0.6 is 0 Å². The second-order valence-corrected chi connectivity index (χ2v) is 6.37. The van der Waals surface area contributed by atoms with E-state index >= 15 is 0 Å². The molecule has 0 aliphatic heterocycles. The van der Waals surface area contributed by atoms with Gasteiger partial charge in [0.05, 0.1) is 12.0 Å². The fraction of sp³-hybridized carbons (Fsp3) is 0.222. The maximum absolute atomic E-state index is 12.5. The number of aromatic amines is 1. The molecule has 3 rings (SSSR count). The summed E-state index contributed by atoms with van der Waals surface area (Å²) in [6.45, 7) is 5.62. The number of rotatable bonds is 3. The maximum atomic E-state index is 12.5. The van der Waals surface area contributed by atoms with E-state index in [0.717, 1.165) is 5.56 Å². The third-order valence-corrected chi connectivity index (χ3v) is 3.50. The Labute approximate surface area is 134 Å². The van der Waals surface area contributed by atoms with Gasteiger partial charge in [0.15, 0.2) is 5.76 Å². The van der Waals surface area contributed by atoms with Gasteiger partial charge >= 0.3 is 0 Å². The Morgan fingerprint density at radius 1 is 1.13 bits per heavy atom. The Kier molecular flexibility index (Phi) is 3.78. The standard InChI is InChI=1S/C18H19N3O2/c1-18(2,3)17(22)19-16-14(12-8-5-4-6-9-12)20-21-15(16)13-10-7-11-23-13/h4-11H,1-3H3,(H,19,22)(H,20,21). The Bertz CT molecular complexity index is 797. The number of anilines is 1. The molecule has 0 saturated heterocycles. The van der Waals surface area contributed by atoms with Gasteiger partial charge in [-0.05, 0) is 12.1 Å². The van der Waals surface area contributed by atoms with Crippen LogP contribution < -0.4 is 5.32 Å². The topological polar surface area (TPSA) is 70.9 Å². The average molecular weight is 309 g/mol. The predicted octanol–water partition coefficient (Wildman–Crippen LogP) is 4.32. The monoisotopic (exact) mass is 309 g/mol. The van der Waals surface area contributed by atoms with E-state index in [1.807, 2.05) is 57.2 Å². The Morgan fingerprint density at radius 2 is 1.87 bits per heavy atom. The highest BCUT2D eigenvalue weighted by Gasteiger charge is 2.26. The first-order chi connectivity index (χ1) is 11.0. The van der Waals surface area contributed by atoms with Crippen LogP contribution in [-0.2, 0) is 4.79 Å². The highest BCUT2D eigenvalue weighted by molar-refractivity contribution is 6.01. The van der Waals surface area contributed by atoms with Gasteiger partial charge in [0.25, 0.3) is 0 Å². The molecule has 1 aromatic carbocycles. The van der Waals surface area contributed by atoms with E-state index < -0.39 is 5.41 Å². The molecule has 0 bridgehead atoms. The van der Waals surface area contributed by atoms with Crippen LogP contribution in [-0.4, -0.2) is 16.1 Å². The molecule has 0 fully saturated rings. The number of furan rings is 1. The van der Waals surface area contributed by atoms with Gasteiger partial charge in [-0.15, -0.1) is 0 Å². The molecule has 5 nitrogen and oxygen atoms in total. The van der Waals surface area contributed by atoms with Gasteiger partial charge in [-0.3, -0.25) is 9.89 Å². The summed E-state index contributed by atoms with van der Waals surface area (Å²) in [6.07, 6.45) is 1.59. The summed E-state index contributed by atoms with van der Waals surface area (Å²) < 4.78 is 5.45. The van der Waals surface area contributed by atoms with Gasteiger partial charge in [-0.25, -0.2) is 0 Å². The van der Waals surface area contributed by atoms with Gasteiger partial charge in [0, 0.05) is 11.0 Å². The van der Waals surface area contributed by atoms with Crippen LogP contribution in [0.2, 0.25) is 0 Å². The lowest BCUT2D eigenvalue weighted by atomic mass is 9.95. The molecule has 2 aromatic heterocycles. The fourth-order valence-electron chi connectivity index (χ4n) is 2.17. The van der Waals surface area contributed by atoms with E-state index in [9.17, 15) is 4.79 Å². The molecule has 0 aliphatic carbocycles. The molecular formula is C18H19N3O2. The van der Waals surface area contributed by atoms with Crippen molar-refractivity contribution in [3.63, 3.8) is 0 Å². The van der Waals surface area contributed by atoms with Crippen molar-refractivity contribution in [1.29, 1.82) is 0 Å². The number of nitrogens with zero attached hydrogens (tertiary/aromatic N) is 1. The quantitative estimate of drug-likeness (QED) is 0.757. The Morgan fingerprint density at radius 3 is 2.48 bits per heavy atom. The fourth-order valence-corrected chi connectivity index (χ4v) is 2.17. The molecular weight excluding hydrogens is 290 g/mol. The summed E-state index contributed by atoms with van der Waals surface area (Å²) in [6, 6.07) is 13.3. The number of nitrogens with one attached hydrogen (secondary N) is 2. The number of H-pyrrole nitrogens is 1. The molecule has 0 radical (unpaired) electrons. The number of carbonyl (C=O) groups is 1. The van der Waals surface area contributed by atoms with Gasteiger partial charge in [0.2, 0.25) is 5.91 Å². The SMILES string of the molecule is CC(C)(C)C(=O)Nc1c(-c2ccccc2)n[nH]c1-c1ccco1. The zero-order valence-electron chi connectivity index (χ0n) is 13.4. The van der Waals surface area contributed by atoms with Crippen molar-refractivity contribution in [2.75, 3.05) is 5.32 Å². The van der Waals surface area contributed by atoms with Crippen LogP contribution in [0, 0.1) is 5.41 Å². The van der Waals surface area contributed by atoms with Crippen LogP contribution in [0.5, 0.6) is 0 Å². The lowest BCUT2D eigenvalue weighted by Crippen LogP contribution is -2.27. The molecule has 118 valence electrons. The minimum Gasteiger partial charge on any atom is -0.463 e. The number of amides is 1. The van der Waals surface area contributed by atoms with Crippen molar-refractivity contribution in [2.24, 2.45) is 5.41 Å². The first kappa shape index (κ1) is 15.1.